The van der Waals surface area contributed by atoms with Crippen molar-refractivity contribution >= 4 is 17.5 Å². The van der Waals surface area contributed by atoms with E-state index in [1.807, 2.05) is 24.3 Å². The highest BCUT2D eigenvalue weighted by Gasteiger charge is 2.14. The molecule has 1 amide bonds. The van der Waals surface area contributed by atoms with Crippen molar-refractivity contribution in [1.29, 1.82) is 0 Å². The molecule has 0 aliphatic heterocycles. The molecule has 1 aromatic rings. The van der Waals surface area contributed by atoms with Crippen molar-refractivity contribution in [2.75, 3.05) is 0 Å². The predicted octanol–water partition coefficient (Wildman–Crippen LogP) is 3.26. The first-order valence-corrected chi connectivity index (χ1v) is 6.44. The van der Waals surface area contributed by atoms with E-state index in [1.54, 1.807) is 0 Å². The van der Waals surface area contributed by atoms with Gasteiger partial charge < -0.3 is 5.32 Å². The van der Waals surface area contributed by atoms with E-state index < -0.39 is 0 Å². The third-order valence-corrected chi connectivity index (χ3v) is 3.26. The van der Waals surface area contributed by atoms with Crippen LogP contribution in [0.1, 0.15) is 35.2 Å². The summed E-state index contributed by atoms with van der Waals surface area (Å²) >= 11 is 5.75. The van der Waals surface area contributed by atoms with Gasteiger partial charge in [-0.2, -0.15) is 0 Å². The van der Waals surface area contributed by atoms with Crippen molar-refractivity contribution in [1.82, 2.24) is 5.32 Å². The fourth-order valence-electron chi connectivity index (χ4n) is 1.99. The Morgan fingerprint density at radius 1 is 1.41 bits per heavy atom. The number of hydrogen-bond donors (Lipinski definition) is 1. The van der Waals surface area contributed by atoms with Gasteiger partial charge in [0, 0.05) is 17.5 Å². The molecule has 0 radical (unpaired) electrons. The molecule has 1 aromatic carbocycles. The third-order valence-electron chi connectivity index (χ3n) is 2.95. The van der Waals surface area contributed by atoms with Gasteiger partial charge in [0.25, 0.3) is 5.91 Å². The SMILES string of the molecule is O=C(NC1CC=CCC1)c1cccc(CCl)c1. The van der Waals surface area contributed by atoms with E-state index in [-0.39, 0.29) is 11.9 Å². The maximum Gasteiger partial charge on any atom is 0.251 e. The van der Waals surface area contributed by atoms with Gasteiger partial charge in [-0.3, -0.25) is 4.79 Å². The summed E-state index contributed by atoms with van der Waals surface area (Å²) in [5.41, 5.74) is 1.67. The van der Waals surface area contributed by atoms with Gasteiger partial charge in [0.1, 0.15) is 0 Å². The van der Waals surface area contributed by atoms with Crippen molar-refractivity contribution in [3.05, 3.63) is 47.5 Å². The normalized spacial score (nSPS) is 19.0. The van der Waals surface area contributed by atoms with Crippen LogP contribution in [-0.2, 0) is 5.88 Å². The Labute approximate surface area is 107 Å². The molecule has 0 heterocycles. The van der Waals surface area contributed by atoms with Crippen LogP contribution in [0, 0.1) is 0 Å². The topological polar surface area (TPSA) is 29.1 Å². The summed E-state index contributed by atoms with van der Waals surface area (Å²) in [7, 11) is 0. The lowest BCUT2D eigenvalue weighted by Gasteiger charge is -2.19. The second-order valence-corrected chi connectivity index (χ2v) is 4.56. The lowest BCUT2D eigenvalue weighted by atomic mass is 10.0. The van der Waals surface area contributed by atoms with Crippen LogP contribution in [0.2, 0.25) is 0 Å². The zero-order valence-electron chi connectivity index (χ0n) is 9.66. The van der Waals surface area contributed by atoms with Gasteiger partial charge in [-0.1, -0.05) is 24.3 Å². The summed E-state index contributed by atoms with van der Waals surface area (Å²) in [4.78, 5) is 12.0. The fourth-order valence-corrected chi connectivity index (χ4v) is 2.16. The van der Waals surface area contributed by atoms with Crippen LogP contribution in [0.5, 0.6) is 0 Å². The first-order valence-electron chi connectivity index (χ1n) is 5.90. The van der Waals surface area contributed by atoms with Crippen molar-refractivity contribution < 1.29 is 4.79 Å². The number of nitrogens with one attached hydrogen (secondary N) is 1. The van der Waals surface area contributed by atoms with E-state index in [1.165, 1.54) is 0 Å². The predicted molar refractivity (Wildman–Crippen MR) is 70.2 cm³/mol. The number of carbonyl (C=O) groups is 1. The van der Waals surface area contributed by atoms with Gasteiger partial charge in [-0.05, 0) is 37.0 Å². The summed E-state index contributed by atoms with van der Waals surface area (Å²) in [6.07, 6.45) is 7.30. The molecule has 0 saturated heterocycles. The molecule has 90 valence electrons. The van der Waals surface area contributed by atoms with Crippen molar-refractivity contribution in [2.45, 2.75) is 31.2 Å². The van der Waals surface area contributed by atoms with E-state index >= 15 is 0 Å². The Balaban J connectivity index is 2.01. The molecular weight excluding hydrogens is 234 g/mol. The highest BCUT2D eigenvalue weighted by atomic mass is 35.5. The molecular formula is C14H16ClNO. The first kappa shape index (κ1) is 12.2. The largest absolute Gasteiger partial charge is 0.349 e. The number of halogens is 1. The Kier molecular flexibility index (Phi) is 4.21. The van der Waals surface area contributed by atoms with Crippen molar-refractivity contribution in [2.24, 2.45) is 0 Å². The third kappa shape index (κ3) is 3.34. The molecule has 1 atom stereocenters. The molecule has 1 unspecified atom stereocenters. The van der Waals surface area contributed by atoms with Gasteiger partial charge in [0.2, 0.25) is 0 Å². The molecule has 0 saturated carbocycles. The number of benzene rings is 1. The zero-order valence-corrected chi connectivity index (χ0v) is 10.4. The lowest BCUT2D eigenvalue weighted by molar-refractivity contribution is 0.0934. The van der Waals surface area contributed by atoms with Crippen LogP contribution in [0.4, 0.5) is 0 Å². The van der Waals surface area contributed by atoms with Gasteiger partial charge in [-0.15, -0.1) is 11.6 Å². The molecule has 3 heteroatoms. The molecule has 1 aliphatic rings. The monoisotopic (exact) mass is 249 g/mol. The molecule has 1 N–H and O–H groups in total. The van der Waals surface area contributed by atoms with Crippen molar-refractivity contribution in [3.63, 3.8) is 0 Å². The molecule has 1 aliphatic carbocycles. The maximum absolute atomic E-state index is 12.0. The Hall–Kier alpha value is -1.28. The fraction of sp³-hybridized carbons (Fsp3) is 0.357. The molecule has 2 nitrogen and oxygen atoms in total. The number of allylic oxidation sites excluding steroid dienone is 1. The Bertz CT molecular complexity index is 428. The number of carbonyl (C=O) groups excluding carboxylic acids is 1. The highest BCUT2D eigenvalue weighted by Crippen LogP contribution is 2.12. The number of rotatable bonds is 3. The molecule has 0 bridgehead atoms. The number of alkyl halides is 1. The van der Waals surface area contributed by atoms with Crippen LogP contribution in [0.25, 0.3) is 0 Å². The van der Waals surface area contributed by atoms with E-state index in [4.69, 9.17) is 11.6 Å². The first-order chi connectivity index (χ1) is 8.29. The minimum absolute atomic E-state index is 0.00253. The summed E-state index contributed by atoms with van der Waals surface area (Å²) in [5, 5.41) is 3.05. The van der Waals surface area contributed by atoms with Gasteiger partial charge in [0.15, 0.2) is 0 Å². The van der Waals surface area contributed by atoms with Gasteiger partial charge in [-0.25, -0.2) is 0 Å². The zero-order chi connectivity index (χ0) is 12.1. The summed E-state index contributed by atoms with van der Waals surface area (Å²) in [6, 6.07) is 7.73. The lowest BCUT2D eigenvalue weighted by Crippen LogP contribution is -2.35. The Morgan fingerprint density at radius 3 is 3.00 bits per heavy atom. The van der Waals surface area contributed by atoms with Crippen LogP contribution >= 0.6 is 11.6 Å². The summed E-state index contributed by atoms with van der Waals surface area (Å²) in [6.45, 7) is 0. The molecule has 0 fully saturated rings. The van der Waals surface area contributed by atoms with Crippen LogP contribution < -0.4 is 5.32 Å². The quantitative estimate of drug-likeness (QED) is 0.647. The van der Waals surface area contributed by atoms with E-state index in [0.717, 1.165) is 24.8 Å². The number of hydrogen-bond acceptors (Lipinski definition) is 1. The smallest absolute Gasteiger partial charge is 0.251 e. The van der Waals surface area contributed by atoms with Crippen LogP contribution in [0.3, 0.4) is 0 Å². The van der Waals surface area contributed by atoms with Crippen molar-refractivity contribution in [3.8, 4) is 0 Å². The van der Waals surface area contributed by atoms with Crippen LogP contribution in [-0.4, -0.2) is 11.9 Å². The number of amides is 1. The van der Waals surface area contributed by atoms with E-state index in [0.29, 0.717) is 11.4 Å². The van der Waals surface area contributed by atoms with Gasteiger partial charge in [0.05, 0.1) is 0 Å². The standard InChI is InChI=1S/C14H16ClNO/c15-10-11-5-4-6-12(9-11)14(17)16-13-7-2-1-3-8-13/h1-2,4-6,9,13H,3,7-8,10H2,(H,16,17). The van der Waals surface area contributed by atoms with Crippen LogP contribution in [0.15, 0.2) is 36.4 Å². The second kappa shape index (κ2) is 5.87. The molecule has 0 aromatic heterocycles. The molecule has 17 heavy (non-hydrogen) atoms. The maximum atomic E-state index is 12.0. The molecule has 2 rings (SSSR count). The summed E-state index contributed by atoms with van der Waals surface area (Å²) in [5.74, 6) is 0.435. The minimum Gasteiger partial charge on any atom is -0.349 e. The summed E-state index contributed by atoms with van der Waals surface area (Å²) < 4.78 is 0. The molecule has 0 spiro atoms. The average Bonchev–Trinajstić information content (AvgIpc) is 2.40. The van der Waals surface area contributed by atoms with E-state index in [2.05, 4.69) is 17.5 Å². The van der Waals surface area contributed by atoms with E-state index in [9.17, 15) is 4.79 Å². The minimum atomic E-state index is -0.00253. The van der Waals surface area contributed by atoms with Gasteiger partial charge >= 0.3 is 0 Å². The average molecular weight is 250 g/mol. The Morgan fingerprint density at radius 2 is 2.29 bits per heavy atom. The second-order valence-electron chi connectivity index (χ2n) is 4.29. The highest BCUT2D eigenvalue weighted by molar-refractivity contribution is 6.17.